The molecule has 0 fully saturated rings. The van der Waals surface area contributed by atoms with Crippen LogP contribution in [0.1, 0.15) is 5.82 Å². The Bertz CT molecular complexity index is 476. The quantitative estimate of drug-likeness (QED) is 0.319. The summed E-state index contributed by atoms with van der Waals surface area (Å²) in [7, 11) is 0. The molecule has 2 heterocycles. The molecule has 3 N–H and O–H groups in total. The number of imidazole rings is 1. The van der Waals surface area contributed by atoms with Crippen molar-refractivity contribution in [1.29, 1.82) is 0 Å². The minimum absolute atomic E-state index is 0.0503. The molecule has 0 atom stereocenters. The van der Waals surface area contributed by atoms with Gasteiger partial charge in [-0.15, -0.1) is 0 Å². The first-order chi connectivity index (χ1) is 7.33. The largest absolute Gasteiger partial charge is 0.409 e. The molecule has 0 radical (unpaired) electrons. The second kappa shape index (κ2) is 3.79. The van der Waals surface area contributed by atoms with Crippen molar-refractivity contribution in [1.82, 2.24) is 14.5 Å². The van der Waals surface area contributed by atoms with Gasteiger partial charge in [-0.1, -0.05) is 11.2 Å². The van der Waals surface area contributed by atoms with Crippen LogP contribution in [0.2, 0.25) is 0 Å². The summed E-state index contributed by atoms with van der Waals surface area (Å²) in [6, 6.07) is 5.46. The van der Waals surface area contributed by atoms with E-state index in [-0.39, 0.29) is 5.84 Å². The first-order valence-corrected chi connectivity index (χ1v) is 4.25. The third kappa shape index (κ3) is 1.64. The normalized spacial score (nSPS) is 11.6. The van der Waals surface area contributed by atoms with Crippen molar-refractivity contribution in [3.63, 3.8) is 0 Å². The van der Waals surface area contributed by atoms with E-state index in [0.29, 0.717) is 11.6 Å². The number of hydrogen-bond acceptors (Lipinski definition) is 4. The number of rotatable bonds is 2. The van der Waals surface area contributed by atoms with Crippen LogP contribution in [0, 0.1) is 0 Å². The van der Waals surface area contributed by atoms with E-state index in [4.69, 9.17) is 10.9 Å². The zero-order valence-corrected chi connectivity index (χ0v) is 7.78. The van der Waals surface area contributed by atoms with Crippen LogP contribution in [0.25, 0.3) is 5.82 Å². The fourth-order valence-electron chi connectivity index (χ4n) is 1.22. The van der Waals surface area contributed by atoms with Gasteiger partial charge in [0, 0.05) is 18.6 Å². The molecule has 0 amide bonds. The van der Waals surface area contributed by atoms with Crippen molar-refractivity contribution < 1.29 is 5.21 Å². The Hall–Kier alpha value is -2.37. The van der Waals surface area contributed by atoms with Gasteiger partial charge in [-0.3, -0.25) is 4.57 Å². The summed E-state index contributed by atoms with van der Waals surface area (Å²) in [5.74, 6) is 0.971. The standard InChI is InChI=1S/C9H9N5O/c10-8(13-15)9-12-5-6-14(9)7-3-1-2-4-11-7/h1-6,15H,(H2,10,13). The number of amidine groups is 1. The van der Waals surface area contributed by atoms with E-state index in [1.165, 1.54) is 0 Å². The molecular formula is C9H9N5O. The van der Waals surface area contributed by atoms with E-state index in [9.17, 15) is 0 Å². The number of pyridine rings is 1. The Balaban J connectivity index is 2.51. The third-order valence-electron chi connectivity index (χ3n) is 1.87. The molecule has 0 saturated heterocycles. The number of nitrogens with zero attached hydrogens (tertiary/aromatic N) is 4. The number of aromatic nitrogens is 3. The van der Waals surface area contributed by atoms with Gasteiger partial charge >= 0.3 is 0 Å². The molecular weight excluding hydrogens is 194 g/mol. The minimum Gasteiger partial charge on any atom is -0.409 e. The summed E-state index contributed by atoms with van der Waals surface area (Å²) in [4.78, 5) is 8.10. The summed E-state index contributed by atoms with van der Waals surface area (Å²) < 4.78 is 1.63. The average molecular weight is 203 g/mol. The van der Waals surface area contributed by atoms with E-state index in [0.717, 1.165) is 0 Å². The van der Waals surface area contributed by atoms with Crippen LogP contribution in [-0.2, 0) is 0 Å². The minimum atomic E-state index is -0.0503. The molecule has 2 aromatic rings. The lowest BCUT2D eigenvalue weighted by Gasteiger charge is -2.04. The molecule has 0 unspecified atom stereocenters. The lowest BCUT2D eigenvalue weighted by atomic mass is 10.4. The van der Waals surface area contributed by atoms with E-state index in [2.05, 4.69) is 15.1 Å². The SMILES string of the molecule is NC(=NO)c1nccn1-c1ccccn1. The van der Waals surface area contributed by atoms with E-state index in [1.807, 2.05) is 12.1 Å². The molecule has 76 valence electrons. The van der Waals surface area contributed by atoms with Crippen molar-refractivity contribution in [2.75, 3.05) is 0 Å². The van der Waals surface area contributed by atoms with Crippen LogP contribution < -0.4 is 5.73 Å². The second-order valence-electron chi connectivity index (χ2n) is 2.79. The van der Waals surface area contributed by atoms with Gasteiger partial charge in [-0.25, -0.2) is 9.97 Å². The first kappa shape index (κ1) is 9.20. The summed E-state index contributed by atoms with van der Waals surface area (Å²) >= 11 is 0. The maximum atomic E-state index is 8.57. The molecule has 0 aliphatic rings. The van der Waals surface area contributed by atoms with Crippen molar-refractivity contribution >= 4 is 5.84 Å². The Kier molecular flexibility index (Phi) is 2.32. The van der Waals surface area contributed by atoms with Crippen LogP contribution in [-0.4, -0.2) is 25.6 Å². The van der Waals surface area contributed by atoms with Crippen molar-refractivity contribution in [2.24, 2.45) is 10.9 Å². The lowest BCUT2D eigenvalue weighted by Crippen LogP contribution is -2.19. The van der Waals surface area contributed by atoms with Gasteiger partial charge in [0.25, 0.3) is 0 Å². The van der Waals surface area contributed by atoms with Crippen LogP contribution >= 0.6 is 0 Å². The summed E-state index contributed by atoms with van der Waals surface area (Å²) in [5, 5.41) is 11.5. The number of oxime groups is 1. The predicted molar refractivity (Wildman–Crippen MR) is 53.9 cm³/mol. The maximum absolute atomic E-state index is 8.57. The third-order valence-corrected chi connectivity index (χ3v) is 1.87. The van der Waals surface area contributed by atoms with Gasteiger partial charge in [-0.05, 0) is 12.1 Å². The van der Waals surface area contributed by atoms with Gasteiger partial charge in [-0.2, -0.15) is 0 Å². The van der Waals surface area contributed by atoms with Crippen LogP contribution in [0.3, 0.4) is 0 Å². The molecule has 0 aliphatic carbocycles. The highest BCUT2D eigenvalue weighted by molar-refractivity contribution is 5.94. The maximum Gasteiger partial charge on any atom is 0.206 e. The van der Waals surface area contributed by atoms with Gasteiger partial charge in [0.1, 0.15) is 5.82 Å². The van der Waals surface area contributed by atoms with Gasteiger partial charge < -0.3 is 10.9 Å². The van der Waals surface area contributed by atoms with E-state index < -0.39 is 0 Å². The highest BCUT2D eigenvalue weighted by Crippen LogP contribution is 2.06. The van der Waals surface area contributed by atoms with Crippen LogP contribution in [0.5, 0.6) is 0 Å². The zero-order chi connectivity index (χ0) is 10.7. The number of hydrogen-bond donors (Lipinski definition) is 2. The highest BCUT2D eigenvalue weighted by Gasteiger charge is 2.09. The average Bonchev–Trinajstić information content (AvgIpc) is 2.78. The Morgan fingerprint density at radius 3 is 2.87 bits per heavy atom. The first-order valence-electron chi connectivity index (χ1n) is 4.25. The molecule has 6 heteroatoms. The number of nitrogens with two attached hydrogens (primary N) is 1. The summed E-state index contributed by atoms with van der Waals surface area (Å²) in [6.07, 6.45) is 4.91. The van der Waals surface area contributed by atoms with E-state index >= 15 is 0 Å². The smallest absolute Gasteiger partial charge is 0.206 e. The van der Waals surface area contributed by atoms with Crippen LogP contribution in [0.4, 0.5) is 0 Å². The highest BCUT2D eigenvalue weighted by atomic mass is 16.4. The fourth-order valence-corrected chi connectivity index (χ4v) is 1.22. The van der Waals surface area contributed by atoms with Crippen molar-refractivity contribution in [3.8, 4) is 5.82 Å². The Labute approximate surface area is 85.7 Å². The molecule has 15 heavy (non-hydrogen) atoms. The second-order valence-corrected chi connectivity index (χ2v) is 2.79. The molecule has 0 spiro atoms. The topological polar surface area (TPSA) is 89.3 Å². The molecule has 0 bridgehead atoms. The molecule has 0 saturated carbocycles. The molecule has 2 rings (SSSR count). The fraction of sp³-hybridized carbons (Fsp3) is 0. The summed E-state index contributed by atoms with van der Waals surface area (Å²) in [5.41, 5.74) is 5.47. The molecule has 2 aromatic heterocycles. The molecule has 6 nitrogen and oxygen atoms in total. The van der Waals surface area contributed by atoms with Crippen molar-refractivity contribution in [2.45, 2.75) is 0 Å². The Morgan fingerprint density at radius 2 is 2.20 bits per heavy atom. The van der Waals surface area contributed by atoms with Crippen LogP contribution in [0.15, 0.2) is 41.9 Å². The van der Waals surface area contributed by atoms with Gasteiger partial charge in [0.15, 0.2) is 5.82 Å². The van der Waals surface area contributed by atoms with E-state index in [1.54, 1.807) is 29.2 Å². The van der Waals surface area contributed by atoms with Crippen molar-refractivity contribution in [3.05, 3.63) is 42.6 Å². The summed E-state index contributed by atoms with van der Waals surface area (Å²) in [6.45, 7) is 0. The molecule has 0 aromatic carbocycles. The monoisotopic (exact) mass is 203 g/mol. The van der Waals surface area contributed by atoms with Gasteiger partial charge in [0.2, 0.25) is 5.84 Å². The lowest BCUT2D eigenvalue weighted by molar-refractivity contribution is 0.318. The molecule has 0 aliphatic heterocycles. The van der Waals surface area contributed by atoms with Gasteiger partial charge in [0.05, 0.1) is 0 Å². The predicted octanol–water partition coefficient (Wildman–Crippen LogP) is 0.362. The Morgan fingerprint density at radius 1 is 1.33 bits per heavy atom. The zero-order valence-electron chi connectivity index (χ0n) is 7.78.